The van der Waals surface area contributed by atoms with E-state index in [2.05, 4.69) is 4.84 Å². The smallest absolute Gasteiger partial charge is 0.340 e. The predicted octanol–water partition coefficient (Wildman–Crippen LogP) is 2.68. The van der Waals surface area contributed by atoms with Gasteiger partial charge in [-0.05, 0) is 36.4 Å². The molecule has 3 aliphatic rings. The Labute approximate surface area is 234 Å². The van der Waals surface area contributed by atoms with E-state index in [1.54, 1.807) is 0 Å². The van der Waals surface area contributed by atoms with Crippen LogP contribution in [0.25, 0.3) is 0 Å². The van der Waals surface area contributed by atoms with Crippen LogP contribution >= 0.6 is 0 Å². The van der Waals surface area contributed by atoms with Gasteiger partial charge in [-0.2, -0.15) is 0 Å². The van der Waals surface area contributed by atoms with Crippen molar-refractivity contribution < 1.29 is 63.5 Å². The van der Waals surface area contributed by atoms with Crippen LogP contribution in [0, 0.1) is 0 Å². The lowest BCUT2D eigenvalue weighted by molar-refractivity contribution is -0.195. The van der Waals surface area contributed by atoms with Crippen LogP contribution in [-0.4, -0.2) is 61.2 Å². The number of esters is 1. The fraction of sp³-hybridized carbons (Fsp3) is 0.143. The van der Waals surface area contributed by atoms with E-state index in [0.29, 0.717) is 16.2 Å². The third kappa shape index (κ3) is 4.40. The summed E-state index contributed by atoms with van der Waals surface area (Å²) in [6.07, 6.45) is 0.262. The quantitative estimate of drug-likeness (QED) is 0.261. The van der Waals surface area contributed by atoms with Crippen LogP contribution in [0.3, 0.4) is 0 Å². The number of carbonyl (C=O) groups is 6. The number of benzene rings is 3. The van der Waals surface area contributed by atoms with Crippen LogP contribution in [0.4, 0.5) is 0 Å². The van der Waals surface area contributed by atoms with Crippen molar-refractivity contribution in [3.63, 3.8) is 0 Å². The Balaban J connectivity index is 0.000000271. The van der Waals surface area contributed by atoms with Gasteiger partial charge in [0.25, 0.3) is 11.8 Å². The van der Waals surface area contributed by atoms with Crippen LogP contribution in [0.15, 0.2) is 48.5 Å². The van der Waals surface area contributed by atoms with E-state index in [-0.39, 0.29) is 47.0 Å². The molecule has 0 atom stereocenters. The average Bonchev–Trinajstić information content (AvgIpc) is 3.38. The third-order valence-electron chi connectivity index (χ3n) is 6.60. The molecule has 0 unspecified atom stereocenters. The molecule has 1 saturated heterocycles. The van der Waals surface area contributed by atoms with Gasteiger partial charge in [0.1, 0.15) is 23.0 Å². The van der Waals surface area contributed by atoms with Crippen molar-refractivity contribution in [2.75, 3.05) is 0 Å². The summed E-state index contributed by atoms with van der Waals surface area (Å²) in [7, 11) is 0. The molecular weight excluding hydrogens is 558 g/mol. The van der Waals surface area contributed by atoms with Crippen molar-refractivity contribution in [1.29, 1.82) is 0 Å². The van der Waals surface area contributed by atoms with E-state index in [0.717, 1.165) is 19.1 Å². The number of fused-ring (bicyclic) bond motifs is 6. The molecule has 14 heteroatoms. The predicted molar refractivity (Wildman–Crippen MR) is 135 cm³/mol. The van der Waals surface area contributed by atoms with Gasteiger partial charge in [-0.3, -0.25) is 9.59 Å². The van der Waals surface area contributed by atoms with Crippen molar-refractivity contribution in [2.24, 2.45) is 0 Å². The number of amides is 2. The Morgan fingerprint density at radius 2 is 1.29 bits per heavy atom. The summed E-state index contributed by atoms with van der Waals surface area (Å²) in [5, 5.41) is 39.3. The zero-order valence-electron chi connectivity index (χ0n) is 21.4. The molecule has 3 aromatic carbocycles. The van der Waals surface area contributed by atoms with Crippen molar-refractivity contribution in [3.8, 4) is 23.0 Å². The molecule has 0 radical (unpaired) electrons. The minimum Gasteiger partial charge on any atom is -0.508 e. The van der Waals surface area contributed by atoms with Gasteiger partial charge in [-0.1, -0.05) is 0 Å². The molecule has 3 aromatic rings. The summed E-state index contributed by atoms with van der Waals surface area (Å²) in [5.74, 6) is -5.42. The lowest BCUT2D eigenvalue weighted by Crippen LogP contribution is -2.33. The van der Waals surface area contributed by atoms with Gasteiger partial charge in [-0.25, -0.2) is 19.2 Å². The number of imide groups is 1. The number of rotatable bonds is 3. The van der Waals surface area contributed by atoms with E-state index in [9.17, 15) is 49.2 Å². The van der Waals surface area contributed by atoms with Crippen LogP contribution < -0.4 is 4.74 Å². The van der Waals surface area contributed by atoms with Crippen molar-refractivity contribution in [2.45, 2.75) is 25.4 Å². The Kier molecular flexibility index (Phi) is 6.53. The van der Waals surface area contributed by atoms with Gasteiger partial charge in [-0.15, -0.1) is 5.06 Å². The van der Waals surface area contributed by atoms with Crippen LogP contribution in [0.2, 0.25) is 0 Å². The van der Waals surface area contributed by atoms with Crippen LogP contribution in [-0.2, 0) is 29.6 Å². The molecule has 2 amide bonds. The maximum Gasteiger partial charge on any atom is 0.340 e. The van der Waals surface area contributed by atoms with Gasteiger partial charge >= 0.3 is 23.9 Å². The first kappa shape index (κ1) is 27.6. The number of hydroxylamine groups is 2. The Morgan fingerprint density at radius 3 is 1.76 bits per heavy atom. The summed E-state index contributed by atoms with van der Waals surface area (Å²) in [5.41, 5.74) is -2.13. The molecule has 0 bridgehead atoms. The maximum absolute atomic E-state index is 12.8. The van der Waals surface area contributed by atoms with Crippen LogP contribution in [0.1, 0.15) is 67.5 Å². The van der Waals surface area contributed by atoms with E-state index in [1.165, 1.54) is 36.4 Å². The molecule has 6 rings (SSSR count). The monoisotopic (exact) mass is 577 g/mol. The molecule has 1 fully saturated rings. The highest BCUT2D eigenvalue weighted by Crippen LogP contribution is 2.57. The van der Waals surface area contributed by atoms with Gasteiger partial charge in [0.15, 0.2) is 5.60 Å². The SMILES string of the molecule is CC(=O)ON1C(=O)CCC1=O.O=C(O)c1cc2c(cc1C(=O)O)C1(OC2=O)c2ccc(O)cc2Oc2cc(O)ccc21. The van der Waals surface area contributed by atoms with Gasteiger partial charge in [0.2, 0.25) is 0 Å². The Bertz CT molecular complexity index is 1670. The third-order valence-corrected chi connectivity index (χ3v) is 6.60. The Morgan fingerprint density at radius 1 is 0.786 bits per heavy atom. The number of ether oxygens (including phenoxy) is 2. The molecule has 214 valence electrons. The second-order valence-corrected chi connectivity index (χ2v) is 9.25. The number of carboxylic acids is 2. The van der Waals surface area contributed by atoms with Crippen LogP contribution in [0.5, 0.6) is 23.0 Å². The zero-order chi connectivity index (χ0) is 30.5. The molecular formula is C28H19NO13. The molecule has 3 aliphatic heterocycles. The molecule has 1 spiro atoms. The van der Waals surface area contributed by atoms with E-state index in [1.807, 2.05) is 0 Å². The van der Waals surface area contributed by atoms with E-state index >= 15 is 0 Å². The molecule has 3 heterocycles. The summed E-state index contributed by atoms with van der Waals surface area (Å²) >= 11 is 0. The highest BCUT2D eigenvalue weighted by molar-refractivity contribution is 6.06. The minimum absolute atomic E-state index is 0.109. The van der Waals surface area contributed by atoms with Crippen molar-refractivity contribution in [3.05, 3.63) is 81.9 Å². The fourth-order valence-corrected chi connectivity index (χ4v) is 4.89. The molecule has 0 aliphatic carbocycles. The zero-order valence-corrected chi connectivity index (χ0v) is 21.4. The van der Waals surface area contributed by atoms with Crippen molar-refractivity contribution in [1.82, 2.24) is 5.06 Å². The number of hydrogen-bond donors (Lipinski definition) is 4. The molecule has 42 heavy (non-hydrogen) atoms. The number of aromatic hydroxyl groups is 2. The van der Waals surface area contributed by atoms with Gasteiger partial charge in [0.05, 0.1) is 16.7 Å². The number of nitrogens with zero attached hydrogens (tertiary/aromatic N) is 1. The van der Waals surface area contributed by atoms with Crippen molar-refractivity contribution >= 4 is 35.7 Å². The largest absolute Gasteiger partial charge is 0.508 e. The molecule has 4 N–H and O–H groups in total. The lowest BCUT2D eigenvalue weighted by atomic mass is 9.76. The standard InChI is InChI=1S/C22H12O9.C6H7NO4/c23-9-1-3-14-17(5-9)30-18-6-10(24)2-4-15(18)22(14)16-8-12(20(27)28)11(19(25)26)7-13(16)21(29)31-22;1-4(8)11-7-5(9)2-3-6(7)10/h1-8,23-24H,(H,25,26)(H,27,28);2-3H2,1H3. The lowest BCUT2D eigenvalue weighted by Gasteiger charge is -2.36. The second kappa shape index (κ2) is 9.92. The maximum atomic E-state index is 12.8. The number of aromatic carboxylic acids is 2. The number of carboxylic acid groups (broad SMARTS) is 2. The number of carbonyl (C=O) groups excluding carboxylic acids is 4. The first-order valence-corrected chi connectivity index (χ1v) is 12.1. The number of phenolic OH excluding ortho intramolecular Hbond substituents is 2. The van der Waals surface area contributed by atoms with E-state index < -0.39 is 52.4 Å². The number of hydrogen-bond acceptors (Lipinski definition) is 11. The number of phenols is 2. The van der Waals surface area contributed by atoms with E-state index in [4.69, 9.17) is 9.47 Å². The summed E-state index contributed by atoms with van der Waals surface area (Å²) in [6, 6.07) is 10.3. The first-order chi connectivity index (χ1) is 19.8. The summed E-state index contributed by atoms with van der Waals surface area (Å²) in [4.78, 5) is 72.4. The highest BCUT2D eigenvalue weighted by Gasteiger charge is 2.54. The first-order valence-electron chi connectivity index (χ1n) is 12.1. The molecule has 14 nitrogen and oxygen atoms in total. The average molecular weight is 577 g/mol. The molecule has 0 saturated carbocycles. The summed E-state index contributed by atoms with van der Waals surface area (Å²) in [6.45, 7) is 1.14. The fourth-order valence-electron chi connectivity index (χ4n) is 4.89. The van der Waals surface area contributed by atoms with Gasteiger partial charge < -0.3 is 34.7 Å². The normalized spacial score (nSPS) is 15.5. The summed E-state index contributed by atoms with van der Waals surface area (Å²) < 4.78 is 11.6. The second-order valence-electron chi connectivity index (χ2n) is 9.25. The topological polar surface area (TPSA) is 214 Å². The molecule has 0 aromatic heterocycles. The van der Waals surface area contributed by atoms with Gasteiger partial charge in [0, 0.05) is 48.6 Å². The Hall–Kier alpha value is -5.92. The highest BCUT2D eigenvalue weighted by atomic mass is 16.7. The minimum atomic E-state index is -1.67.